The van der Waals surface area contributed by atoms with Crippen LogP contribution in [-0.4, -0.2) is 77.4 Å². The van der Waals surface area contributed by atoms with Crippen LogP contribution in [0.3, 0.4) is 0 Å². The van der Waals surface area contributed by atoms with Gasteiger partial charge in [-0.1, -0.05) is 28.1 Å². The van der Waals surface area contributed by atoms with Crippen LogP contribution in [0.15, 0.2) is 23.4 Å². The maximum atomic E-state index is 12.2. The van der Waals surface area contributed by atoms with Gasteiger partial charge in [0, 0.05) is 49.0 Å². The Balaban J connectivity index is 1.63. The molecule has 3 heterocycles. The molecule has 2 amide bonds. The fraction of sp³-hybridized carbons (Fsp3) is 0.727. The number of piperidine rings is 2. The van der Waals surface area contributed by atoms with Gasteiger partial charge in [0.05, 0.1) is 6.61 Å². The Morgan fingerprint density at radius 3 is 2.38 bits per heavy atom. The number of halogens is 1. The molecule has 0 aromatic rings. The second kappa shape index (κ2) is 9.65. The highest BCUT2D eigenvalue weighted by molar-refractivity contribution is 9.09. The van der Waals surface area contributed by atoms with Crippen LogP contribution in [0.5, 0.6) is 0 Å². The standard InChI is InChI=1S/C22H34BrN3O3/c1-4-20-19(6-11-23)22(16-26(20)17(3)27)9-14-24(15-10-22)18-7-12-25(13-8-18)21(28)29-5-2/h4,6,18H,5,7-16H2,1-3H3/b19-6+,20-4+. The summed E-state index contributed by atoms with van der Waals surface area (Å²) in [5, 5.41) is 0.809. The first-order valence-corrected chi connectivity index (χ1v) is 11.9. The van der Waals surface area contributed by atoms with Gasteiger partial charge in [-0.05, 0) is 58.2 Å². The van der Waals surface area contributed by atoms with Crippen molar-refractivity contribution in [1.29, 1.82) is 0 Å². The fourth-order valence-corrected chi connectivity index (χ4v) is 5.58. The molecular formula is C22H34BrN3O3. The topological polar surface area (TPSA) is 53.1 Å². The first-order valence-electron chi connectivity index (χ1n) is 10.8. The Morgan fingerprint density at radius 2 is 1.86 bits per heavy atom. The highest BCUT2D eigenvalue weighted by Crippen LogP contribution is 2.49. The molecule has 29 heavy (non-hydrogen) atoms. The molecule has 3 rings (SSSR count). The molecule has 0 aromatic heterocycles. The van der Waals surface area contributed by atoms with E-state index in [0.29, 0.717) is 12.6 Å². The minimum atomic E-state index is -0.178. The smallest absolute Gasteiger partial charge is 0.409 e. The number of hydrogen-bond donors (Lipinski definition) is 0. The van der Waals surface area contributed by atoms with Crippen molar-refractivity contribution < 1.29 is 14.3 Å². The number of nitrogens with zero attached hydrogens (tertiary/aromatic N) is 3. The molecule has 0 aliphatic carbocycles. The number of ether oxygens (including phenoxy) is 1. The number of likely N-dealkylation sites (tertiary alicyclic amines) is 3. The van der Waals surface area contributed by atoms with Crippen LogP contribution in [0.25, 0.3) is 0 Å². The molecule has 0 saturated carbocycles. The van der Waals surface area contributed by atoms with Crippen LogP contribution >= 0.6 is 15.9 Å². The van der Waals surface area contributed by atoms with Crippen LogP contribution in [-0.2, 0) is 9.53 Å². The summed E-state index contributed by atoms with van der Waals surface area (Å²) in [5.74, 6) is 0.129. The molecule has 0 atom stereocenters. The first-order chi connectivity index (χ1) is 14.0. The zero-order valence-electron chi connectivity index (χ0n) is 18.0. The van der Waals surface area contributed by atoms with Crippen molar-refractivity contribution in [3.63, 3.8) is 0 Å². The number of carbonyl (C=O) groups is 2. The summed E-state index contributed by atoms with van der Waals surface area (Å²) in [6.07, 6.45) is 8.33. The van der Waals surface area contributed by atoms with E-state index in [1.165, 1.54) is 5.57 Å². The van der Waals surface area contributed by atoms with Crippen LogP contribution in [0.2, 0.25) is 0 Å². The summed E-state index contributed by atoms with van der Waals surface area (Å²) in [6, 6.07) is 0.535. The lowest BCUT2D eigenvalue weighted by Crippen LogP contribution is -2.51. The molecule has 0 aromatic carbocycles. The minimum Gasteiger partial charge on any atom is -0.450 e. The maximum absolute atomic E-state index is 12.2. The largest absolute Gasteiger partial charge is 0.450 e. The summed E-state index contributed by atoms with van der Waals surface area (Å²) < 4.78 is 5.14. The Morgan fingerprint density at radius 1 is 1.21 bits per heavy atom. The molecule has 3 saturated heterocycles. The van der Waals surface area contributed by atoms with E-state index in [4.69, 9.17) is 4.74 Å². The Kier molecular flexibility index (Phi) is 7.43. The third-order valence-corrected chi connectivity index (χ3v) is 7.12. The fourth-order valence-electron chi connectivity index (χ4n) is 5.25. The van der Waals surface area contributed by atoms with Gasteiger partial charge >= 0.3 is 6.09 Å². The zero-order valence-corrected chi connectivity index (χ0v) is 19.5. The molecule has 0 bridgehead atoms. The molecule has 7 heteroatoms. The lowest BCUT2D eigenvalue weighted by molar-refractivity contribution is -0.127. The van der Waals surface area contributed by atoms with Crippen molar-refractivity contribution in [3.05, 3.63) is 23.4 Å². The van der Waals surface area contributed by atoms with Gasteiger partial charge in [0.2, 0.25) is 5.91 Å². The Bertz CT molecular complexity index is 675. The van der Waals surface area contributed by atoms with E-state index >= 15 is 0 Å². The highest BCUT2D eigenvalue weighted by atomic mass is 79.9. The summed E-state index contributed by atoms with van der Waals surface area (Å²) in [5.41, 5.74) is 2.50. The normalized spacial score (nSPS) is 25.9. The van der Waals surface area contributed by atoms with Gasteiger partial charge in [0.1, 0.15) is 0 Å². The molecule has 3 aliphatic heterocycles. The van der Waals surface area contributed by atoms with E-state index in [1.807, 2.05) is 23.6 Å². The highest BCUT2D eigenvalue weighted by Gasteiger charge is 2.48. The summed E-state index contributed by atoms with van der Waals surface area (Å²) >= 11 is 3.57. The number of hydrogen-bond acceptors (Lipinski definition) is 4. The number of rotatable bonds is 3. The van der Waals surface area contributed by atoms with Crippen LogP contribution in [0.4, 0.5) is 4.79 Å². The van der Waals surface area contributed by atoms with E-state index in [-0.39, 0.29) is 17.4 Å². The molecule has 0 unspecified atom stereocenters. The molecule has 6 nitrogen and oxygen atoms in total. The van der Waals surface area contributed by atoms with Gasteiger partial charge < -0.3 is 19.4 Å². The maximum Gasteiger partial charge on any atom is 0.409 e. The van der Waals surface area contributed by atoms with Gasteiger partial charge in [0.15, 0.2) is 0 Å². The number of allylic oxidation sites excluding steroid dienone is 3. The Hall–Kier alpha value is -1.34. The predicted molar refractivity (Wildman–Crippen MR) is 118 cm³/mol. The van der Waals surface area contributed by atoms with Crippen LogP contribution < -0.4 is 0 Å². The van der Waals surface area contributed by atoms with Gasteiger partial charge in [-0.25, -0.2) is 4.79 Å². The minimum absolute atomic E-state index is 0.0728. The molecule has 162 valence electrons. The van der Waals surface area contributed by atoms with Gasteiger partial charge in [-0.3, -0.25) is 4.79 Å². The Labute approximate surface area is 183 Å². The van der Waals surface area contributed by atoms with E-state index in [9.17, 15) is 9.59 Å². The third-order valence-electron chi connectivity index (χ3n) is 6.80. The monoisotopic (exact) mass is 467 g/mol. The van der Waals surface area contributed by atoms with Crippen molar-refractivity contribution in [2.24, 2.45) is 5.41 Å². The quantitative estimate of drug-likeness (QED) is 0.592. The van der Waals surface area contributed by atoms with Crippen molar-refractivity contribution in [2.45, 2.75) is 52.5 Å². The van der Waals surface area contributed by atoms with Gasteiger partial charge in [-0.2, -0.15) is 0 Å². The number of carbonyl (C=O) groups excluding carboxylic acids is 2. The summed E-state index contributed by atoms with van der Waals surface area (Å²) in [6.45, 7) is 10.4. The number of alkyl halides is 1. The summed E-state index contributed by atoms with van der Waals surface area (Å²) in [7, 11) is 0. The SMILES string of the molecule is C/C=C1\C(=C/CBr)C2(CCN(C3CCN(C(=O)OCC)CC3)CC2)CN1C(C)=O. The molecule has 0 N–H and O–H groups in total. The van der Waals surface area contributed by atoms with E-state index in [0.717, 1.165) is 69.4 Å². The molecule has 3 aliphatic rings. The second-order valence-corrected chi connectivity index (χ2v) is 8.93. The van der Waals surface area contributed by atoms with Gasteiger partial charge in [-0.15, -0.1) is 0 Å². The molecule has 1 spiro atoms. The molecular weight excluding hydrogens is 434 g/mol. The average Bonchev–Trinajstić information content (AvgIpc) is 3.02. The second-order valence-electron chi connectivity index (χ2n) is 8.28. The van der Waals surface area contributed by atoms with Crippen LogP contribution in [0.1, 0.15) is 46.5 Å². The third kappa shape index (κ3) is 4.55. The molecule has 3 fully saturated rings. The van der Waals surface area contributed by atoms with Crippen molar-refractivity contribution >= 4 is 27.9 Å². The number of amides is 2. The zero-order chi connectivity index (χ0) is 21.0. The average molecular weight is 468 g/mol. The lowest BCUT2D eigenvalue weighted by Gasteiger charge is -2.45. The van der Waals surface area contributed by atoms with Crippen molar-refractivity contribution in [1.82, 2.24) is 14.7 Å². The van der Waals surface area contributed by atoms with E-state index in [2.05, 4.69) is 33.0 Å². The first kappa shape index (κ1) is 22.3. The van der Waals surface area contributed by atoms with E-state index < -0.39 is 0 Å². The van der Waals surface area contributed by atoms with Crippen molar-refractivity contribution in [2.75, 3.05) is 44.7 Å². The van der Waals surface area contributed by atoms with Crippen LogP contribution in [0, 0.1) is 5.41 Å². The predicted octanol–water partition coefficient (Wildman–Crippen LogP) is 3.78. The lowest BCUT2D eigenvalue weighted by atomic mass is 9.73. The van der Waals surface area contributed by atoms with Gasteiger partial charge in [0.25, 0.3) is 0 Å². The van der Waals surface area contributed by atoms with E-state index in [1.54, 1.807) is 6.92 Å². The summed E-state index contributed by atoms with van der Waals surface area (Å²) in [4.78, 5) is 30.6. The van der Waals surface area contributed by atoms with Crippen molar-refractivity contribution in [3.8, 4) is 0 Å². The molecule has 0 radical (unpaired) electrons.